The van der Waals surface area contributed by atoms with Crippen LogP contribution in [-0.4, -0.2) is 12.6 Å². The van der Waals surface area contributed by atoms with Crippen LogP contribution in [0.4, 0.5) is 0 Å². The second kappa shape index (κ2) is 6.90. The lowest BCUT2D eigenvalue weighted by molar-refractivity contribution is 0.325. The molecule has 1 fully saturated rings. The quantitative estimate of drug-likeness (QED) is 0.662. The average Bonchev–Trinajstić information content (AvgIpc) is 2.25. The fourth-order valence-electron chi connectivity index (χ4n) is 2.23. The van der Waals surface area contributed by atoms with Gasteiger partial charge in [-0.05, 0) is 31.7 Å². The van der Waals surface area contributed by atoms with Gasteiger partial charge < -0.3 is 5.32 Å². The summed E-state index contributed by atoms with van der Waals surface area (Å²) < 4.78 is 0. The van der Waals surface area contributed by atoms with Gasteiger partial charge in [0.05, 0.1) is 0 Å². The maximum absolute atomic E-state index is 5.32. The van der Waals surface area contributed by atoms with E-state index in [2.05, 4.69) is 18.2 Å². The van der Waals surface area contributed by atoms with Crippen molar-refractivity contribution >= 4 is 0 Å². The maximum atomic E-state index is 5.32. The van der Waals surface area contributed by atoms with E-state index in [1.807, 2.05) is 0 Å². The molecule has 0 saturated heterocycles. The summed E-state index contributed by atoms with van der Waals surface area (Å²) >= 11 is 0. The molecule has 0 bridgehead atoms. The van der Waals surface area contributed by atoms with Gasteiger partial charge in [-0.2, -0.15) is 0 Å². The van der Waals surface area contributed by atoms with Gasteiger partial charge in [0, 0.05) is 12.5 Å². The lowest BCUT2D eigenvalue weighted by Gasteiger charge is -2.24. The summed E-state index contributed by atoms with van der Waals surface area (Å²) in [7, 11) is 0. The third kappa shape index (κ3) is 4.15. The molecule has 1 heteroatoms. The molecule has 1 N–H and O–H groups in total. The summed E-state index contributed by atoms with van der Waals surface area (Å²) in [5.41, 5.74) is 0. The van der Waals surface area contributed by atoms with Gasteiger partial charge in [0.2, 0.25) is 0 Å². The zero-order valence-electron chi connectivity index (χ0n) is 9.39. The second-order valence-electron chi connectivity index (χ2n) is 4.43. The van der Waals surface area contributed by atoms with Gasteiger partial charge in [-0.1, -0.05) is 26.2 Å². The van der Waals surface area contributed by atoms with Crippen LogP contribution in [0.3, 0.4) is 0 Å². The Hall–Kier alpha value is -0.480. The molecule has 1 aliphatic rings. The number of nitrogens with one attached hydrogen (secondary N) is 1. The first kappa shape index (κ1) is 11.6. The highest BCUT2D eigenvalue weighted by atomic mass is 14.9. The molecule has 0 aromatic carbocycles. The Kier molecular flexibility index (Phi) is 5.71. The zero-order valence-corrected chi connectivity index (χ0v) is 9.39. The first-order valence-corrected chi connectivity index (χ1v) is 6.03. The molecule has 0 heterocycles. The summed E-state index contributed by atoms with van der Waals surface area (Å²) in [6, 6.07) is 0.543. The van der Waals surface area contributed by atoms with E-state index >= 15 is 0 Å². The van der Waals surface area contributed by atoms with Crippen LogP contribution in [0, 0.1) is 18.3 Å². The van der Waals surface area contributed by atoms with Crippen LogP contribution >= 0.6 is 0 Å². The van der Waals surface area contributed by atoms with Gasteiger partial charge in [-0.15, -0.1) is 12.3 Å². The SMILES string of the molecule is C#CCC(CC)NCC1CCCCC1. The molecule has 1 nitrogen and oxygen atoms in total. The molecule has 14 heavy (non-hydrogen) atoms. The average molecular weight is 193 g/mol. The van der Waals surface area contributed by atoms with E-state index in [0.29, 0.717) is 6.04 Å². The highest BCUT2D eigenvalue weighted by Gasteiger charge is 2.14. The summed E-state index contributed by atoms with van der Waals surface area (Å²) in [5.74, 6) is 3.66. The normalized spacial score (nSPS) is 20.3. The molecule has 0 radical (unpaired) electrons. The molecule has 0 spiro atoms. The Labute approximate surface area is 88.7 Å². The molecule has 1 atom stereocenters. The predicted molar refractivity (Wildman–Crippen MR) is 62.1 cm³/mol. The Balaban J connectivity index is 2.14. The monoisotopic (exact) mass is 193 g/mol. The van der Waals surface area contributed by atoms with Crippen molar-refractivity contribution in [3.8, 4) is 12.3 Å². The molecule has 0 aromatic heterocycles. The lowest BCUT2D eigenvalue weighted by Crippen LogP contribution is -2.33. The van der Waals surface area contributed by atoms with E-state index in [9.17, 15) is 0 Å². The van der Waals surface area contributed by atoms with Crippen molar-refractivity contribution in [3.63, 3.8) is 0 Å². The standard InChI is InChI=1S/C13H23N/c1-3-8-13(4-2)14-11-12-9-6-5-7-10-12/h1,12-14H,4-11H2,2H3. The molecular weight excluding hydrogens is 170 g/mol. The number of terminal acetylenes is 1. The van der Waals surface area contributed by atoms with E-state index in [4.69, 9.17) is 6.42 Å². The third-order valence-electron chi connectivity index (χ3n) is 3.28. The van der Waals surface area contributed by atoms with Gasteiger partial charge in [-0.25, -0.2) is 0 Å². The number of hydrogen-bond donors (Lipinski definition) is 1. The lowest BCUT2D eigenvalue weighted by atomic mass is 9.89. The summed E-state index contributed by atoms with van der Waals surface area (Å²) in [5, 5.41) is 3.60. The number of hydrogen-bond acceptors (Lipinski definition) is 1. The highest BCUT2D eigenvalue weighted by Crippen LogP contribution is 2.22. The van der Waals surface area contributed by atoms with Gasteiger partial charge in [0.1, 0.15) is 0 Å². The summed E-state index contributed by atoms with van der Waals surface area (Å²) in [6.45, 7) is 3.38. The van der Waals surface area contributed by atoms with Crippen molar-refractivity contribution in [2.24, 2.45) is 5.92 Å². The second-order valence-corrected chi connectivity index (χ2v) is 4.43. The molecule has 1 saturated carbocycles. The molecule has 1 rings (SSSR count). The Bertz CT molecular complexity index is 174. The zero-order chi connectivity index (χ0) is 10.2. The summed E-state index contributed by atoms with van der Waals surface area (Å²) in [6.07, 6.45) is 14.5. The molecule has 0 aliphatic heterocycles. The van der Waals surface area contributed by atoms with E-state index < -0.39 is 0 Å². The maximum Gasteiger partial charge on any atom is 0.0240 e. The van der Waals surface area contributed by atoms with Gasteiger partial charge in [0.15, 0.2) is 0 Å². The van der Waals surface area contributed by atoms with Crippen LogP contribution < -0.4 is 5.32 Å². The van der Waals surface area contributed by atoms with Crippen molar-refractivity contribution in [2.75, 3.05) is 6.54 Å². The van der Waals surface area contributed by atoms with E-state index in [1.54, 1.807) is 0 Å². The predicted octanol–water partition coefficient (Wildman–Crippen LogP) is 2.96. The largest absolute Gasteiger partial charge is 0.313 e. The van der Waals surface area contributed by atoms with Crippen molar-refractivity contribution < 1.29 is 0 Å². The molecule has 1 aliphatic carbocycles. The Morgan fingerprint density at radius 1 is 1.36 bits per heavy atom. The number of rotatable bonds is 5. The van der Waals surface area contributed by atoms with E-state index in [1.165, 1.54) is 38.6 Å². The van der Waals surface area contributed by atoms with Crippen LogP contribution in [0.25, 0.3) is 0 Å². The first-order chi connectivity index (χ1) is 6.86. The first-order valence-electron chi connectivity index (χ1n) is 6.03. The van der Waals surface area contributed by atoms with Crippen LogP contribution in [0.15, 0.2) is 0 Å². The van der Waals surface area contributed by atoms with Crippen molar-refractivity contribution in [2.45, 2.75) is 57.9 Å². The summed E-state index contributed by atoms with van der Waals surface area (Å²) in [4.78, 5) is 0. The van der Waals surface area contributed by atoms with Crippen LogP contribution in [0.1, 0.15) is 51.9 Å². The van der Waals surface area contributed by atoms with Crippen LogP contribution in [0.5, 0.6) is 0 Å². The molecule has 80 valence electrons. The fourth-order valence-corrected chi connectivity index (χ4v) is 2.23. The van der Waals surface area contributed by atoms with E-state index in [0.717, 1.165) is 18.8 Å². The highest BCUT2D eigenvalue weighted by molar-refractivity contribution is 4.89. The molecule has 0 aromatic rings. The Morgan fingerprint density at radius 2 is 2.07 bits per heavy atom. The van der Waals surface area contributed by atoms with Gasteiger partial charge >= 0.3 is 0 Å². The molecule has 0 amide bonds. The topological polar surface area (TPSA) is 12.0 Å². The molecule has 1 unspecified atom stereocenters. The Morgan fingerprint density at radius 3 is 2.64 bits per heavy atom. The van der Waals surface area contributed by atoms with Crippen molar-refractivity contribution in [3.05, 3.63) is 0 Å². The smallest absolute Gasteiger partial charge is 0.0240 e. The van der Waals surface area contributed by atoms with Crippen molar-refractivity contribution in [1.29, 1.82) is 0 Å². The fraction of sp³-hybridized carbons (Fsp3) is 0.846. The van der Waals surface area contributed by atoms with Crippen LogP contribution in [0.2, 0.25) is 0 Å². The van der Waals surface area contributed by atoms with E-state index in [-0.39, 0.29) is 0 Å². The minimum absolute atomic E-state index is 0.543. The van der Waals surface area contributed by atoms with Gasteiger partial charge in [-0.3, -0.25) is 0 Å². The molecular formula is C13H23N. The minimum Gasteiger partial charge on any atom is -0.313 e. The van der Waals surface area contributed by atoms with Crippen LogP contribution in [-0.2, 0) is 0 Å². The minimum atomic E-state index is 0.543. The van der Waals surface area contributed by atoms with Gasteiger partial charge in [0.25, 0.3) is 0 Å². The van der Waals surface area contributed by atoms with Crippen molar-refractivity contribution in [1.82, 2.24) is 5.32 Å². The third-order valence-corrected chi connectivity index (χ3v) is 3.28.